The summed E-state index contributed by atoms with van der Waals surface area (Å²) in [5.74, 6) is -1.84. The topological polar surface area (TPSA) is 141 Å². The number of likely N-dealkylation sites (N-methyl/N-ethyl adjacent to an activating group) is 1. The van der Waals surface area contributed by atoms with Crippen LogP contribution in [0.25, 0.3) is 0 Å². The van der Waals surface area contributed by atoms with E-state index in [1.54, 1.807) is 30.9 Å². The predicted molar refractivity (Wildman–Crippen MR) is 173 cm³/mol. The average Bonchev–Trinajstić information content (AvgIpc) is 3.52. The third-order valence-corrected chi connectivity index (χ3v) is 9.35. The normalized spacial score (nSPS) is 19.6. The second kappa shape index (κ2) is 18.2. The molecule has 254 valence electrons. The molecule has 0 spiro atoms. The lowest BCUT2D eigenvalue weighted by atomic mass is 9.89. The van der Waals surface area contributed by atoms with E-state index in [1.165, 1.54) is 14.2 Å². The molecule has 0 aromatic heterocycles. The van der Waals surface area contributed by atoms with Crippen LogP contribution >= 0.6 is 0 Å². The Morgan fingerprint density at radius 2 is 1.69 bits per heavy atom. The highest BCUT2D eigenvalue weighted by atomic mass is 16.5. The molecule has 4 unspecified atom stereocenters. The molecule has 0 aliphatic carbocycles. The minimum atomic E-state index is -0.866. The van der Waals surface area contributed by atoms with Gasteiger partial charge < -0.3 is 35.1 Å². The summed E-state index contributed by atoms with van der Waals surface area (Å²) >= 11 is 0. The number of amides is 3. The summed E-state index contributed by atoms with van der Waals surface area (Å²) in [6, 6.07) is 7.18. The molecule has 1 aromatic carbocycles. The number of carbonyl (C=O) groups excluding carboxylic acids is 4. The van der Waals surface area contributed by atoms with Gasteiger partial charge in [-0.15, -0.1) is 0 Å². The van der Waals surface area contributed by atoms with Crippen molar-refractivity contribution in [3.63, 3.8) is 0 Å². The van der Waals surface area contributed by atoms with Crippen molar-refractivity contribution in [2.45, 2.75) is 103 Å². The molecule has 2 rings (SSSR count). The molecule has 11 heteroatoms. The highest BCUT2D eigenvalue weighted by molar-refractivity contribution is 5.86. The number of ether oxygens (including phenoxy) is 3. The number of esters is 1. The number of benzene rings is 1. The first kappa shape index (κ1) is 38.2. The summed E-state index contributed by atoms with van der Waals surface area (Å²) < 4.78 is 16.7. The molecule has 0 bridgehead atoms. The maximum Gasteiger partial charge on any atom is 0.328 e. The van der Waals surface area contributed by atoms with Crippen molar-refractivity contribution in [1.29, 1.82) is 0 Å². The zero-order chi connectivity index (χ0) is 33.8. The zero-order valence-corrected chi connectivity index (χ0v) is 28.7. The van der Waals surface area contributed by atoms with Gasteiger partial charge in [0.25, 0.3) is 0 Å². The third kappa shape index (κ3) is 9.98. The maximum absolute atomic E-state index is 13.9. The quantitative estimate of drug-likeness (QED) is 0.250. The highest BCUT2D eigenvalue weighted by Gasteiger charge is 2.42. The first-order valence-electron chi connectivity index (χ1n) is 16.1. The fourth-order valence-electron chi connectivity index (χ4n) is 6.31. The predicted octanol–water partition coefficient (Wildman–Crippen LogP) is 2.79. The number of nitrogens with one attached hydrogen (secondary N) is 1. The van der Waals surface area contributed by atoms with Gasteiger partial charge in [-0.1, -0.05) is 71.4 Å². The Kier molecular flexibility index (Phi) is 15.4. The smallest absolute Gasteiger partial charge is 0.328 e. The molecule has 1 aliphatic rings. The summed E-state index contributed by atoms with van der Waals surface area (Å²) in [5.41, 5.74) is 7.10. The molecule has 1 heterocycles. The molecule has 11 nitrogen and oxygen atoms in total. The van der Waals surface area contributed by atoms with E-state index in [9.17, 15) is 19.2 Å². The number of hydrogen-bond acceptors (Lipinski definition) is 8. The van der Waals surface area contributed by atoms with Gasteiger partial charge >= 0.3 is 5.97 Å². The van der Waals surface area contributed by atoms with Crippen LogP contribution in [0.15, 0.2) is 30.3 Å². The largest absolute Gasteiger partial charge is 0.467 e. The van der Waals surface area contributed by atoms with Crippen molar-refractivity contribution in [2.75, 3.05) is 34.9 Å². The van der Waals surface area contributed by atoms with Crippen molar-refractivity contribution < 1.29 is 33.4 Å². The van der Waals surface area contributed by atoms with Gasteiger partial charge in [-0.3, -0.25) is 14.4 Å². The number of likely N-dealkylation sites (tertiary alicyclic amines) is 1. The van der Waals surface area contributed by atoms with Gasteiger partial charge in [0.15, 0.2) is 0 Å². The standard InChI is InChI=1S/C34H56N4O7/c1-10-22(4)30(37(6)33(41)29(35)21(2)3)27(43-7)20-28(39)38-18-14-17-26(38)31(44-8)23(5)32(40)36-25(34(42)45-9)19-24-15-12-11-13-16-24/h11-13,15-16,21-23,25-27,29-31H,10,14,17-20,35H2,1-9H3,(H,36,40)/t22?,23?,25-,26-,27+,29-,30?,31?/m0/s1. The molecular formula is C34H56N4O7. The second-order valence-corrected chi connectivity index (χ2v) is 12.6. The van der Waals surface area contributed by atoms with Crippen LogP contribution in [0.4, 0.5) is 0 Å². The van der Waals surface area contributed by atoms with E-state index in [0.717, 1.165) is 18.4 Å². The van der Waals surface area contributed by atoms with Crippen molar-refractivity contribution in [1.82, 2.24) is 15.1 Å². The molecule has 1 aliphatic heterocycles. The van der Waals surface area contributed by atoms with Gasteiger partial charge in [0.1, 0.15) is 6.04 Å². The van der Waals surface area contributed by atoms with Crippen LogP contribution in [0.1, 0.15) is 65.9 Å². The van der Waals surface area contributed by atoms with Gasteiger partial charge in [0.05, 0.1) is 49.8 Å². The Morgan fingerprint density at radius 3 is 2.22 bits per heavy atom. The maximum atomic E-state index is 13.9. The summed E-state index contributed by atoms with van der Waals surface area (Å²) in [6.07, 6.45) is 1.40. The molecule has 0 radical (unpaired) electrons. The Morgan fingerprint density at radius 1 is 1.04 bits per heavy atom. The fraction of sp³-hybridized carbons (Fsp3) is 0.706. The lowest BCUT2D eigenvalue weighted by molar-refractivity contribution is -0.148. The van der Waals surface area contributed by atoms with E-state index in [4.69, 9.17) is 19.9 Å². The minimum Gasteiger partial charge on any atom is -0.467 e. The third-order valence-electron chi connectivity index (χ3n) is 9.35. The van der Waals surface area contributed by atoms with E-state index in [1.807, 2.05) is 58.0 Å². The van der Waals surface area contributed by atoms with Crippen LogP contribution in [-0.2, 0) is 39.8 Å². The molecule has 1 fully saturated rings. The molecule has 0 saturated carbocycles. The van der Waals surface area contributed by atoms with Gasteiger partial charge in [-0.2, -0.15) is 0 Å². The SMILES string of the molecule is CCC(C)C([C@@H](CC(=O)N1CCC[C@H]1C(OC)C(C)C(=O)N[C@@H](Cc1ccccc1)C(=O)OC)OC)N(C)C(=O)[C@@H](N)C(C)C. The highest BCUT2D eigenvalue weighted by Crippen LogP contribution is 2.29. The molecule has 8 atom stereocenters. The summed E-state index contributed by atoms with van der Waals surface area (Å²) in [7, 11) is 6.12. The molecule has 45 heavy (non-hydrogen) atoms. The Labute approximate surface area is 269 Å². The summed E-state index contributed by atoms with van der Waals surface area (Å²) in [5, 5.41) is 2.85. The molecule has 1 aromatic rings. The average molecular weight is 633 g/mol. The minimum absolute atomic E-state index is 0.0306. The van der Waals surface area contributed by atoms with Crippen LogP contribution in [0.5, 0.6) is 0 Å². The van der Waals surface area contributed by atoms with Crippen LogP contribution in [-0.4, -0.2) is 105 Å². The summed E-state index contributed by atoms with van der Waals surface area (Å²) in [4.78, 5) is 56.6. The number of nitrogens with zero attached hydrogens (tertiary/aromatic N) is 2. The molecular weight excluding hydrogens is 576 g/mol. The Hall–Kier alpha value is -3.02. The van der Waals surface area contributed by atoms with Crippen LogP contribution in [0.3, 0.4) is 0 Å². The van der Waals surface area contributed by atoms with Crippen molar-refractivity contribution in [3.8, 4) is 0 Å². The molecule has 3 amide bonds. The van der Waals surface area contributed by atoms with E-state index < -0.39 is 36.2 Å². The Balaban J connectivity index is 2.22. The Bertz CT molecular complexity index is 1100. The molecule has 1 saturated heterocycles. The first-order valence-corrected chi connectivity index (χ1v) is 16.1. The van der Waals surface area contributed by atoms with Crippen molar-refractivity contribution in [3.05, 3.63) is 35.9 Å². The number of hydrogen-bond donors (Lipinski definition) is 2. The van der Waals surface area contributed by atoms with Gasteiger partial charge in [-0.25, -0.2) is 4.79 Å². The van der Waals surface area contributed by atoms with E-state index >= 15 is 0 Å². The van der Waals surface area contributed by atoms with Crippen LogP contribution < -0.4 is 11.1 Å². The van der Waals surface area contributed by atoms with Crippen LogP contribution in [0, 0.1) is 17.8 Å². The fourth-order valence-corrected chi connectivity index (χ4v) is 6.31. The second-order valence-electron chi connectivity index (χ2n) is 12.6. The van der Waals surface area contributed by atoms with Crippen molar-refractivity contribution >= 4 is 23.7 Å². The number of rotatable bonds is 17. The van der Waals surface area contributed by atoms with E-state index in [0.29, 0.717) is 13.0 Å². The lowest BCUT2D eigenvalue weighted by Crippen LogP contribution is -2.56. The van der Waals surface area contributed by atoms with E-state index in [2.05, 4.69) is 5.32 Å². The van der Waals surface area contributed by atoms with E-state index in [-0.39, 0.29) is 54.5 Å². The number of carbonyl (C=O) groups is 4. The van der Waals surface area contributed by atoms with Crippen molar-refractivity contribution in [2.24, 2.45) is 23.5 Å². The van der Waals surface area contributed by atoms with Gasteiger partial charge in [-0.05, 0) is 30.2 Å². The number of methoxy groups -OCH3 is 3. The zero-order valence-electron chi connectivity index (χ0n) is 28.7. The monoisotopic (exact) mass is 632 g/mol. The number of nitrogens with two attached hydrogens (primary N) is 1. The molecule has 3 N–H and O–H groups in total. The van der Waals surface area contributed by atoms with Gasteiger partial charge in [0, 0.05) is 34.2 Å². The first-order chi connectivity index (χ1) is 21.3. The van der Waals surface area contributed by atoms with Crippen LogP contribution in [0.2, 0.25) is 0 Å². The van der Waals surface area contributed by atoms with Gasteiger partial charge in [0.2, 0.25) is 17.7 Å². The summed E-state index contributed by atoms with van der Waals surface area (Å²) in [6.45, 7) is 10.2. The lowest BCUT2D eigenvalue weighted by Gasteiger charge is -2.40.